The molecule has 0 saturated heterocycles. The molecule has 6 nitrogen and oxygen atoms in total. The van der Waals surface area contributed by atoms with Crippen LogP contribution in [0.5, 0.6) is 0 Å². The largest absolute Gasteiger partial charge is 0.383 e. The molecule has 2 aromatic heterocycles. The number of nitrogens with zero attached hydrogens (tertiary/aromatic N) is 3. The van der Waals surface area contributed by atoms with Crippen molar-refractivity contribution in [2.45, 2.75) is 11.7 Å². The number of benzene rings is 2. The number of rotatable bonds is 7. The Labute approximate surface area is 179 Å². The van der Waals surface area contributed by atoms with Crippen molar-refractivity contribution in [1.82, 2.24) is 14.5 Å². The number of fused-ring (bicyclic) bond motifs is 2. The van der Waals surface area contributed by atoms with Crippen LogP contribution in [0.3, 0.4) is 0 Å². The Bertz CT molecular complexity index is 1190. The highest BCUT2D eigenvalue weighted by atomic mass is 35.5. The van der Waals surface area contributed by atoms with Crippen molar-refractivity contribution in [2.75, 3.05) is 24.8 Å². The summed E-state index contributed by atoms with van der Waals surface area (Å²) in [7, 11) is 1.64. The van der Waals surface area contributed by atoms with Gasteiger partial charge in [-0.3, -0.25) is 4.79 Å². The highest BCUT2D eigenvalue weighted by molar-refractivity contribution is 7.99. The second kappa shape index (κ2) is 8.66. The molecule has 4 aromatic rings. The number of carbonyl (C=O) groups excluding carboxylic acids is 1. The van der Waals surface area contributed by atoms with E-state index in [4.69, 9.17) is 16.3 Å². The Morgan fingerprint density at radius 1 is 1.28 bits per heavy atom. The van der Waals surface area contributed by atoms with E-state index in [1.54, 1.807) is 19.2 Å². The van der Waals surface area contributed by atoms with E-state index in [-0.39, 0.29) is 17.5 Å². The molecule has 0 saturated carbocycles. The van der Waals surface area contributed by atoms with E-state index in [2.05, 4.69) is 15.3 Å². The van der Waals surface area contributed by atoms with Gasteiger partial charge in [0.15, 0.2) is 10.3 Å². The highest BCUT2D eigenvalue weighted by Gasteiger charge is 2.15. The number of thioether (sulfide) groups is 1. The monoisotopic (exact) mass is 450 g/mol. The molecule has 0 aliphatic heterocycles. The van der Waals surface area contributed by atoms with Gasteiger partial charge in [-0.2, -0.15) is 0 Å². The fraction of sp³-hybridized carbons (Fsp3) is 0.211. The summed E-state index contributed by atoms with van der Waals surface area (Å²) in [5, 5.41) is 4.53. The number of carbonyl (C=O) groups is 1. The molecular formula is C19H16ClFN4O2S2. The van der Waals surface area contributed by atoms with Crippen LogP contribution in [0, 0.1) is 5.82 Å². The zero-order valence-electron chi connectivity index (χ0n) is 15.3. The molecule has 0 atom stereocenters. The van der Waals surface area contributed by atoms with E-state index in [9.17, 15) is 9.18 Å². The molecule has 0 aliphatic carbocycles. The molecule has 29 heavy (non-hydrogen) atoms. The van der Waals surface area contributed by atoms with Crippen molar-refractivity contribution in [3.05, 3.63) is 47.2 Å². The maximum absolute atomic E-state index is 13.3. The van der Waals surface area contributed by atoms with E-state index in [0.717, 1.165) is 11.0 Å². The van der Waals surface area contributed by atoms with Gasteiger partial charge in [-0.25, -0.2) is 14.4 Å². The van der Waals surface area contributed by atoms with Crippen molar-refractivity contribution in [1.29, 1.82) is 0 Å². The molecule has 0 bridgehead atoms. The molecule has 0 spiro atoms. The van der Waals surface area contributed by atoms with Gasteiger partial charge in [-0.1, -0.05) is 34.7 Å². The average molecular weight is 451 g/mol. The number of halogens is 2. The van der Waals surface area contributed by atoms with Gasteiger partial charge in [-0.15, -0.1) is 0 Å². The average Bonchev–Trinajstić information content (AvgIpc) is 3.23. The van der Waals surface area contributed by atoms with Crippen molar-refractivity contribution >= 4 is 67.0 Å². The van der Waals surface area contributed by atoms with E-state index in [1.807, 2.05) is 16.7 Å². The van der Waals surface area contributed by atoms with Gasteiger partial charge < -0.3 is 14.6 Å². The second-order valence-corrected chi connectivity index (χ2v) is 8.55. The summed E-state index contributed by atoms with van der Waals surface area (Å²) in [6, 6.07) is 9.86. The number of aromatic nitrogens is 3. The Balaban J connectivity index is 1.48. The summed E-state index contributed by atoms with van der Waals surface area (Å²) in [6.45, 7) is 1.14. The summed E-state index contributed by atoms with van der Waals surface area (Å²) in [5.74, 6) is -0.378. The molecule has 0 radical (unpaired) electrons. The van der Waals surface area contributed by atoms with Gasteiger partial charge in [0, 0.05) is 18.7 Å². The number of thiazole rings is 1. The van der Waals surface area contributed by atoms with Gasteiger partial charge in [0.25, 0.3) is 0 Å². The molecule has 2 heterocycles. The molecular weight excluding hydrogens is 435 g/mol. The van der Waals surface area contributed by atoms with Gasteiger partial charge in [-0.05, 0) is 36.4 Å². The summed E-state index contributed by atoms with van der Waals surface area (Å²) in [4.78, 5) is 21.3. The van der Waals surface area contributed by atoms with Crippen LogP contribution < -0.4 is 5.32 Å². The standard InChI is InChI=1S/C19H16ClFN4O2S2/c1-27-7-6-25-15-5-2-11(20)8-14(15)23-19(25)28-10-17(26)24-18-22-13-4-3-12(21)9-16(13)29-18/h2-5,8-9H,6-7,10H2,1H3,(H,22,24,26). The quantitative estimate of drug-likeness (QED) is 0.409. The van der Waals surface area contributed by atoms with Crippen LogP contribution in [0.25, 0.3) is 21.3 Å². The Hall–Kier alpha value is -2.20. The fourth-order valence-corrected chi connectivity index (χ4v) is 4.74. The van der Waals surface area contributed by atoms with E-state index < -0.39 is 0 Å². The van der Waals surface area contributed by atoms with E-state index in [0.29, 0.717) is 38.7 Å². The lowest BCUT2D eigenvalue weighted by atomic mass is 10.3. The lowest BCUT2D eigenvalue weighted by Crippen LogP contribution is -2.14. The summed E-state index contributed by atoms with van der Waals surface area (Å²) < 4.78 is 21.2. The van der Waals surface area contributed by atoms with Crippen molar-refractivity contribution in [3.63, 3.8) is 0 Å². The number of anilines is 1. The lowest BCUT2D eigenvalue weighted by Gasteiger charge is -2.08. The number of hydrogen-bond donors (Lipinski definition) is 1. The maximum Gasteiger partial charge on any atom is 0.236 e. The smallest absolute Gasteiger partial charge is 0.236 e. The topological polar surface area (TPSA) is 69.0 Å². The number of methoxy groups -OCH3 is 1. The zero-order chi connectivity index (χ0) is 20.4. The number of amides is 1. The first-order valence-corrected chi connectivity index (χ1v) is 10.8. The first kappa shape index (κ1) is 20.1. The molecule has 0 fully saturated rings. The second-order valence-electron chi connectivity index (χ2n) is 6.14. The predicted octanol–water partition coefficient (Wildman–Crippen LogP) is 4.82. The predicted molar refractivity (Wildman–Crippen MR) is 116 cm³/mol. The summed E-state index contributed by atoms with van der Waals surface area (Å²) >= 11 is 8.63. The van der Waals surface area contributed by atoms with Gasteiger partial charge in [0.2, 0.25) is 5.91 Å². The van der Waals surface area contributed by atoms with E-state index >= 15 is 0 Å². The Kier molecular flexibility index (Phi) is 6.00. The lowest BCUT2D eigenvalue weighted by molar-refractivity contribution is -0.113. The third-order valence-corrected chi connectivity index (χ3v) is 6.27. The van der Waals surface area contributed by atoms with Crippen LogP contribution in [-0.4, -0.2) is 39.9 Å². The third-order valence-electron chi connectivity index (χ3n) is 4.12. The molecule has 2 aromatic carbocycles. The first-order chi connectivity index (χ1) is 14.0. The van der Waals surface area contributed by atoms with E-state index in [1.165, 1.54) is 35.2 Å². The van der Waals surface area contributed by atoms with Crippen molar-refractivity contribution < 1.29 is 13.9 Å². The fourth-order valence-electron chi connectivity index (χ4n) is 2.83. The number of imidazole rings is 1. The van der Waals surface area contributed by atoms with Crippen LogP contribution in [0.15, 0.2) is 41.6 Å². The van der Waals surface area contributed by atoms with Crippen molar-refractivity contribution in [2.24, 2.45) is 0 Å². The van der Waals surface area contributed by atoms with Gasteiger partial charge in [0.05, 0.1) is 33.6 Å². The molecule has 0 aliphatic rings. The molecule has 1 N–H and O–H groups in total. The molecule has 0 unspecified atom stereocenters. The SMILES string of the molecule is COCCn1c(SCC(=O)Nc2nc3ccc(F)cc3s2)nc2cc(Cl)ccc21. The minimum atomic E-state index is -0.329. The van der Waals surface area contributed by atoms with Gasteiger partial charge >= 0.3 is 0 Å². The molecule has 10 heteroatoms. The number of nitrogens with one attached hydrogen (secondary N) is 1. The maximum atomic E-state index is 13.3. The zero-order valence-corrected chi connectivity index (χ0v) is 17.7. The normalized spacial score (nSPS) is 11.4. The van der Waals surface area contributed by atoms with Gasteiger partial charge in [0.1, 0.15) is 5.82 Å². The molecule has 4 rings (SSSR count). The number of ether oxygens (including phenoxy) is 1. The van der Waals surface area contributed by atoms with Crippen LogP contribution in [0.4, 0.5) is 9.52 Å². The van der Waals surface area contributed by atoms with Crippen LogP contribution >= 0.6 is 34.7 Å². The van der Waals surface area contributed by atoms with Crippen LogP contribution in [0.2, 0.25) is 5.02 Å². The molecule has 1 amide bonds. The minimum Gasteiger partial charge on any atom is -0.383 e. The van der Waals surface area contributed by atoms with Crippen LogP contribution in [-0.2, 0) is 16.1 Å². The Morgan fingerprint density at radius 3 is 2.97 bits per heavy atom. The summed E-state index contributed by atoms with van der Waals surface area (Å²) in [6.07, 6.45) is 0. The third kappa shape index (κ3) is 4.53. The highest BCUT2D eigenvalue weighted by Crippen LogP contribution is 2.28. The molecule has 150 valence electrons. The van der Waals surface area contributed by atoms with Crippen molar-refractivity contribution in [3.8, 4) is 0 Å². The summed E-state index contributed by atoms with van der Waals surface area (Å²) in [5.41, 5.74) is 2.35. The number of hydrogen-bond acceptors (Lipinski definition) is 6. The minimum absolute atomic E-state index is 0.161. The Morgan fingerprint density at radius 2 is 2.14 bits per heavy atom. The van der Waals surface area contributed by atoms with Crippen LogP contribution in [0.1, 0.15) is 0 Å². The first-order valence-electron chi connectivity index (χ1n) is 8.67.